The number of carbonyl (C=O) groups is 1. The lowest BCUT2D eigenvalue weighted by molar-refractivity contribution is 0.102. The maximum absolute atomic E-state index is 12.7. The lowest BCUT2D eigenvalue weighted by atomic mass is 10.1. The molecule has 0 fully saturated rings. The van der Waals surface area contributed by atoms with E-state index in [1.807, 2.05) is 60.1 Å². The molecule has 4 rings (SSSR count). The molecule has 2 heterocycles. The molecule has 0 aliphatic carbocycles. The second-order valence-electron chi connectivity index (χ2n) is 6.42. The highest BCUT2D eigenvalue weighted by molar-refractivity contribution is 6.05. The monoisotopic (exact) mass is 387 g/mol. The van der Waals surface area contributed by atoms with Crippen molar-refractivity contribution in [3.63, 3.8) is 0 Å². The first-order valence-corrected chi connectivity index (χ1v) is 9.34. The van der Waals surface area contributed by atoms with Gasteiger partial charge >= 0.3 is 0 Å². The molecule has 0 bridgehead atoms. The summed E-state index contributed by atoms with van der Waals surface area (Å²) >= 11 is 0. The van der Waals surface area contributed by atoms with Crippen molar-refractivity contribution >= 4 is 17.2 Å². The van der Waals surface area contributed by atoms with Gasteiger partial charge in [0.25, 0.3) is 5.91 Å². The number of pyridine rings is 1. The third-order valence-corrected chi connectivity index (χ3v) is 4.53. The molecule has 0 atom stereocenters. The van der Waals surface area contributed by atoms with Crippen LogP contribution in [0, 0.1) is 0 Å². The number of methoxy groups -OCH3 is 1. The smallest absolute Gasteiger partial charge is 0.255 e. The summed E-state index contributed by atoms with van der Waals surface area (Å²) in [5.74, 6) is 1.09. The highest BCUT2D eigenvalue weighted by Crippen LogP contribution is 2.31. The summed E-state index contributed by atoms with van der Waals surface area (Å²) in [6.45, 7) is 2.50. The van der Waals surface area contributed by atoms with Crippen LogP contribution in [0.4, 0.5) is 5.69 Å². The van der Waals surface area contributed by atoms with Gasteiger partial charge in [-0.15, -0.1) is 0 Å². The molecule has 0 unspecified atom stereocenters. The van der Waals surface area contributed by atoms with E-state index in [0.29, 0.717) is 23.6 Å². The molecule has 0 spiro atoms. The van der Waals surface area contributed by atoms with Crippen molar-refractivity contribution in [3.8, 4) is 22.8 Å². The summed E-state index contributed by atoms with van der Waals surface area (Å²) in [6.07, 6.45) is 3.90. The van der Waals surface area contributed by atoms with Gasteiger partial charge in [-0.25, -0.2) is 4.98 Å². The Kier molecular flexibility index (Phi) is 5.16. The van der Waals surface area contributed by atoms with Crippen molar-refractivity contribution in [2.45, 2.75) is 6.92 Å². The van der Waals surface area contributed by atoms with Gasteiger partial charge in [0, 0.05) is 23.5 Å². The molecule has 2 aromatic heterocycles. The van der Waals surface area contributed by atoms with E-state index in [4.69, 9.17) is 9.47 Å². The number of ether oxygens (including phenoxy) is 2. The second kappa shape index (κ2) is 8.06. The standard InChI is InChI=1S/C23H21N3O3/c1-3-29-18-10-7-16(8-11-18)23(27)25-19-14-17(9-12-21(19)28-2)20-15-26-13-5-4-6-22(26)24-20/h4-15H,3H2,1-2H3,(H,25,27). The lowest BCUT2D eigenvalue weighted by Gasteiger charge is -2.12. The molecule has 6 heteroatoms. The third kappa shape index (κ3) is 3.91. The van der Waals surface area contributed by atoms with E-state index in [-0.39, 0.29) is 5.91 Å². The molecule has 6 nitrogen and oxygen atoms in total. The van der Waals surface area contributed by atoms with E-state index >= 15 is 0 Å². The number of amides is 1. The number of benzene rings is 2. The molecule has 4 aromatic rings. The molecule has 1 N–H and O–H groups in total. The predicted octanol–water partition coefficient (Wildman–Crippen LogP) is 4.66. The summed E-state index contributed by atoms with van der Waals surface area (Å²) in [6, 6.07) is 18.5. The van der Waals surface area contributed by atoms with Crippen LogP contribution in [0.25, 0.3) is 16.9 Å². The molecule has 2 aromatic carbocycles. The van der Waals surface area contributed by atoms with Crippen molar-refractivity contribution < 1.29 is 14.3 Å². The van der Waals surface area contributed by atoms with Crippen LogP contribution in [0.5, 0.6) is 11.5 Å². The van der Waals surface area contributed by atoms with Crippen molar-refractivity contribution in [2.75, 3.05) is 19.0 Å². The van der Waals surface area contributed by atoms with Crippen molar-refractivity contribution in [1.82, 2.24) is 9.38 Å². The highest BCUT2D eigenvalue weighted by atomic mass is 16.5. The van der Waals surface area contributed by atoms with E-state index in [9.17, 15) is 4.79 Å². The zero-order valence-corrected chi connectivity index (χ0v) is 16.3. The number of rotatable bonds is 6. The largest absolute Gasteiger partial charge is 0.495 e. The molecule has 0 saturated carbocycles. The van der Waals surface area contributed by atoms with Gasteiger partial charge in [0.1, 0.15) is 17.1 Å². The second-order valence-corrected chi connectivity index (χ2v) is 6.42. The van der Waals surface area contributed by atoms with E-state index < -0.39 is 0 Å². The molecule has 146 valence electrons. The molecular weight excluding hydrogens is 366 g/mol. The topological polar surface area (TPSA) is 64.9 Å². The first kappa shape index (κ1) is 18.6. The average molecular weight is 387 g/mol. The Morgan fingerprint density at radius 1 is 1.10 bits per heavy atom. The van der Waals surface area contributed by atoms with Crippen LogP contribution in [-0.4, -0.2) is 29.0 Å². The van der Waals surface area contributed by atoms with Gasteiger partial charge in [0.2, 0.25) is 0 Å². The fourth-order valence-corrected chi connectivity index (χ4v) is 3.10. The Morgan fingerprint density at radius 3 is 2.66 bits per heavy atom. The van der Waals surface area contributed by atoms with E-state index in [1.165, 1.54) is 0 Å². The number of nitrogens with zero attached hydrogens (tertiary/aromatic N) is 2. The van der Waals surface area contributed by atoms with Crippen LogP contribution in [0.2, 0.25) is 0 Å². The number of hydrogen-bond donors (Lipinski definition) is 1. The van der Waals surface area contributed by atoms with Crippen LogP contribution in [0.1, 0.15) is 17.3 Å². The maximum Gasteiger partial charge on any atom is 0.255 e. The van der Waals surface area contributed by atoms with Gasteiger partial charge in [0.05, 0.1) is 25.1 Å². The minimum Gasteiger partial charge on any atom is -0.495 e. The normalized spacial score (nSPS) is 10.7. The molecule has 0 radical (unpaired) electrons. The summed E-state index contributed by atoms with van der Waals surface area (Å²) in [7, 11) is 1.58. The molecule has 29 heavy (non-hydrogen) atoms. The number of hydrogen-bond acceptors (Lipinski definition) is 4. The van der Waals surface area contributed by atoms with Gasteiger partial charge in [0.15, 0.2) is 0 Å². The Balaban J connectivity index is 1.62. The van der Waals surface area contributed by atoms with Crippen molar-refractivity contribution in [3.05, 3.63) is 78.6 Å². The lowest BCUT2D eigenvalue weighted by Crippen LogP contribution is -2.12. The Hall–Kier alpha value is -3.80. The van der Waals surface area contributed by atoms with Gasteiger partial charge < -0.3 is 19.2 Å². The fourth-order valence-electron chi connectivity index (χ4n) is 3.10. The van der Waals surface area contributed by atoms with Crippen LogP contribution in [-0.2, 0) is 0 Å². The zero-order valence-electron chi connectivity index (χ0n) is 16.3. The Labute approximate surface area is 168 Å². The van der Waals surface area contributed by atoms with Crippen LogP contribution in [0.15, 0.2) is 73.1 Å². The Bertz CT molecular complexity index is 1120. The van der Waals surface area contributed by atoms with E-state index in [2.05, 4.69) is 10.3 Å². The van der Waals surface area contributed by atoms with Gasteiger partial charge in [-0.2, -0.15) is 0 Å². The number of nitrogens with one attached hydrogen (secondary N) is 1. The summed E-state index contributed by atoms with van der Waals surface area (Å²) in [5, 5.41) is 2.93. The van der Waals surface area contributed by atoms with Crippen LogP contribution >= 0.6 is 0 Å². The maximum atomic E-state index is 12.7. The number of fused-ring (bicyclic) bond motifs is 1. The van der Waals surface area contributed by atoms with E-state index in [0.717, 1.165) is 22.7 Å². The Morgan fingerprint density at radius 2 is 1.93 bits per heavy atom. The molecule has 1 amide bonds. The molecular formula is C23H21N3O3. The fraction of sp³-hybridized carbons (Fsp3) is 0.130. The summed E-state index contributed by atoms with van der Waals surface area (Å²) in [4.78, 5) is 17.4. The van der Waals surface area contributed by atoms with Gasteiger partial charge in [-0.3, -0.25) is 4.79 Å². The SMILES string of the molecule is CCOc1ccc(C(=O)Nc2cc(-c3cn4ccccc4n3)ccc2OC)cc1. The number of aromatic nitrogens is 2. The first-order valence-electron chi connectivity index (χ1n) is 9.34. The minimum absolute atomic E-state index is 0.224. The number of imidazole rings is 1. The number of anilines is 1. The zero-order chi connectivity index (χ0) is 20.2. The third-order valence-electron chi connectivity index (χ3n) is 4.53. The van der Waals surface area contributed by atoms with Gasteiger partial charge in [-0.1, -0.05) is 6.07 Å². The van der Waals surface area contributed by atoms with Crippen molar-refractivity contribution in [2.24, 2.45) is 0 Å². The molecule has 0 saturated heterocycles. The van der Waals surface area contributed by atoms with E-state index in [1.54, 1.807) is 31.4 Å². The summed E-state index contributed by atoms with van der Waals surface area (Å²) in [5.41, 5.74) is 3.68. The van der Waals surface area contributed by atoms with Crippen molar-refractivity contribution in [1.29, 1.82) is 0 Å². The van der Waals surface area contributed by atoms with Crippen LogP contribution < -0.4 is 14.8 Å². The molecule has 0 aliphatic rings. The highest BCUT2D eigenvalue weighted by Gasteiger charge is 2.13. The minimum atomic E-state index is -0.224. The quantitative estimate of drug-likeness (QED) is 0.523. The average Bonchev–Trinajstić information content (AvgIpc) is 3.19. The van der Waals surface area contributed by atoms with Gasteiger partial charge in [-0.05, 0) is 61.5 Å². The predicted molar refractivity (Wildman–Crippen MR) is 113 cm³/mol. The van der Waals surface area contributed by atoms with Crippen LogP contribution in [0.3, 0.4) is 0 Å². The first-order chi connectivity index (χ1) is 14.2. The summed E-state index contributed by atoms with van der Waals surface area (Å²) < 4.78 is 12.8. The molecule has 0 aliphatic heterocycles. The number of carbonyl (C=O) groups excluding carboxylic acids is 1.